The minimum Gasteiger partial charge on any atom is -0.457 e. The Morgan fingerprint density at radius 1 is 0.941 bits per heavy atom. The van der Waals surface area contributed by atoms with Crippen molar-refractivity contribution in [2.45, 2.75) is 0 Å². The minimum absolute atomic E-state index is 0.0267. The zero-order valence-corrected chi connectivity index (χ0v) is 9.30. The largest absolute Gasteiger partial charge is 0.457 e. The minimum atomic E-state index is -0.0729. The van der Waals surface area contributed by atoms with E-state index in [4.69, 9.17) is 10.5 Å². The van der Waals surface area contributed by atoms with Gasteiger partial charge in [0, 0.05) is 5.56 Å². The van der Waals surface area contributed by atoms with Crippen LogP contribution < -0.4 is 10.5 Å². The number of rotatable bonds is 4. The zero-order chi connectivity index (χ0) is 12.1. The lowest BCUT2D eigenvalue weighted by Crippen LogP contribution is -2.13. The van der Waals surface area contributed by atoms with E-state index in [1.807, 2.05) is 30.3 Å². The van der Waals surface area contributed by atoms with E-state index in [-0.39, 0.29) is 12.3 Å². The number of Topliss-reactive ketones (excluding diaryl/α,β-unsaturated/α-hetero) is 1. The molecular formula is C14H13NO2. The van der Waals surface area contributed by atoms with Gasteiger partial charge in [-0.2, -0.15) is 0 Å². The third kappa shape index (κ3) is 2.92. The molecule has 2 aromatic carbocycles. The summed E-state index contributed by atoms with van der Waals surface area (Å²) in [5.41, 5.74) is 5.89. The number of hydrogen-bond acceptors (Lipinski definition) is 3. The van der Waals surface area contributed by atoms with E-state index in [0.717, 1.165) is 5.75 Å². The first-order valence-corrected chi connectivity index (χ1v) is 5.36. The van der Waals surface area contributed by atoms with Gasteiger partial charge in [0.1, 0.15) is 11.5 Å². The quantitative estimate of drug-likeness (QED) is 0.817. The number of carbonyl (C=O) groups excluding carboxylic acids is 1. The fourth-order valence-electron chi connectivity index (χ4n) is 1.45. The van der Waals surface area contributed by atoms with Gasteiger partial charge in [-0.15, -0.1) is 0 Å². The normalized spacial score (nSPS) is 9.94. The fourth-order valence-corrected chi connectivity index (χ4v) is 1.45. The number of ether oxygens (including phenoxy) is 1. The molecule has 3 nitrogen and oxygen atoms in total. The molecule has 2 N–H and O–H groups in total. The van der Waals surface area contributed by atoms with Gasteiger partial charge in [0.25, 0.3) is 0 Å². The number of para-hydroxylation sites is 1. The Morgan fingerprint density at radius 2 is 1.53 bits per heavy atom. The molecule has 0 amide bonds. The van der Waals surface area contributed by atoms with Crippen LogP contribution >= 0.6 is 0 Å². The lowest BCUT2D eigenvalue weighted by molar-refractivity contribution is 0.100. The standard InChI is InChI=1S/C14H13NO2/c15-10-14(16)11-6-8-13(9-7-11)17-12-4-2-1-3-5-12/h1-9H,10,15H2. The molecule has 0 fully saturated rings. The van der Waals surface area contributed by atoms with Gasteiger partial charge in [-0.05, 0) is 36.4 Å². The predicted octanol–water partition coefficient (Wildman–Crippen LogP) is 2.62. The summed E-state index contributed by atoms with van der Waals surface area (Å²) in [6.45, 7) is 0.0267. The number of nitrogens with two attached hydrogens (primary N) is 1. The Labute approximate surface area is 99.8 Å². The van der Waals surface area contributed by atoms with Crippen LogP contribution in [0.3, 0.4) is 0 Å². The van der Waals surface area contributed by atoms with Gasteiger partial charge in [-0.1, -0.05) is 18.2 Å². The van der Waals surface area contributed by atoms with Gasteiger partial charge in [0.2, 0.25) is 0 Å². The molecule has 0 saturated heterocycles. The van der Waals surface area contributed by atoms with Crippen molar-refractivity contribution in [3.8, 4) is 11.5 Å². The molecule has 0 saturated carbocycles. The van der Waals surface area contributed by atoms with Gasteiger partial charge < -0.3 is 10.5 Å². The summed E-state index contributed by atoms with van der Waals surface area (Å²) in [6.07, 6.45) is 0. The van der Waals surface area contributed by atoms with E-state index in [2.05, 4.69) is 0 Å². The summed E-state index contributed by atoms with van der Waals surface area (Å²) >= 11 is 0. The average molecular weight is 227 g/mol. The van der Waals surface area contributed by atoms with Crippen LogP contribution in [0.2, 0.25) is 0 Å². The van der Waals surface area contributed by atoms with E-state index in [9.17, 15) is 4.79 Å². The summed E-state index contributed by atoms with van der Waals surface area (Å²) < 4.78 is 5.60. The molecule has 86 valence electrons. The SMILES string of the molecule is NCC(=O)c1ccc(Oc2ccccc2)cc1. The van der Waals surface area contributed by atoms with Crippen molar-refractivity contribution in [2.75, 3.05) is 6.54 Å². The molecule has 0 radical (unpaired) electrons. The summed E-state index contributed by atoms with van der Waals surface area (Å²) in [7, 11) is 0. The van der Waals surface area contributed by atoms with Crippen LogP contribution in [0.5, 0.6) is 11.5 Å². The van der Waals surface area contributed by atoms with E-state index in [1.54, 1.807) is 24.3 Å². The average Bonchev–Trinajstić information content (AvgIpc) is 2.40. The van der Waals surface area contributed by atoms with Crippen LogP contribution in [-0.4, -0.2) is 12.3 Å². The van der Waals surface area contributed by atoms with Crippen molar-refractivity contribution in [1.82, 2.24) is 0 Å². The van der Waals surface area contributed by atoms with Crippen LogP contribution in [0.15, 0.2) is 54.6 Å². The first-order valence-electron chi connectivity index (χ1n) is 5.36. The molecule has 0 bridgehead atoms. The fraction of sp³-hybridized carbons (Fsp3) is 0.0714. The second-order valence-electron chi connectivity index (χ2n) is 3.57. The van der Waals surface area contributed by atoms with Crippen LogP contribution in [-0.2, 0) is 0 Å². The molecule has 0 aliphatic rings. The maximum absolute atomic E-state index is 11.3. The van der Waals surface area contributed by atoms with Gasteiger partial charge in [0.05, 0.1) is 6.54 Å². The smallest absolute Gasteiger partial charge is 0.176 e. The lowest BCUT2D eigenvalue weighted by atomic mass is 10.1. The van der Waals surface area contributed by atoms with Crippen molar-refractivity contribution >= 4 is 5.78 Å². The second kappa shape index (κ2) is 5.27. The van der Waals surface area contributed by atoms with E-state index in [0.29, 0.717) is 11.3 Å². The van der Waals surface area contributed by atoms with Gasteiger partial charge >= 0.3 is 0 Å². The molecule has 0 aromatic heterocycles. The topological polar surface area (TPSA) is 52.3 Å². The van der Waals surface area contributed by atoms with Gasteiger partial charge in [0.15, 0.2) is 5.78 Å². The van der Waals surface area contributed by atoms with Crippen molar-refractivity contribution in [2.24, 2.45) is 5.73 Å². The third-order valence-electron chi connectivity index (χ3n) is 2.34. The highest BCUT2D eigenvalue weighted by molar-refractivity contribution is 5.97. The summed E-state index contributed by atoms with van der Waals surface area (Å²) in [6, 6.07) is 16.4. The zero-order valence-electron chi connectivity index (χ0n) is 9.30. The summed E-state index contributed by atoms with van der Waals surface area (Å²) in [4.78, 5) is 11.3. The van der Waals surface area contributed by atoms with Crippen molar-refractivity contribution in [3.05, 3.63) is 60.2 Å². The first kappa shape index (κ1) is 11.4. The highest BCUT2D eigenvalue weighted by Crippen LogP contribution is 2.21. The molecular weight excluding hydrogens is 214 g/mol. The van der Waals surface area contributed by atoms with Crippen LogP contribution in [0.1, 0.15) is 10.4 Å². The summed E-state index contributed by atoms with van der Waals surface area (Å²) in [5.74, 6) is 1.39. The Bertz CT molecular complexity index is 491. The van der Waals surface area contributed by atoms with Crippen LogP contribution in [0.4, 0.5) is 0 Å². The van der Waals surface area contributed by atoms with E-state index in [1.165, 1.54) is 0 Å². The third-order valence-corrected chi connectivity index (χ3v) is 2.34. The molecule has 3 heteroatoms. The molecule has 0 aliphatic heterocycles. The number of carbonyl (C=O) groups is 1. The monoisotopic (exact) mass is 227 g/mol. The Hall–Kier alpha value is -2.13. The molecule has 0 heterocycles. The summed E-state index contributed by atoms with van der Waals surface area (Å²) in [5, 5.41) is 0. The van der Waals surface area contributed by atoms with Crippen molar-refractivity contribution < 1.29 is 9.53 Å². The van der Waals surface area contributed by atoms with E-state index < -0.39 is 0 Å². The predicted molar refractivity (Wildman–Crippen MR) is 66.3 cm³/mol. The molecule has 0 spiro atoms. The molecule has 0 unspecified atom stereocenters. The van der Waals surface area contributed by atoms with Crippen molar-refractivity contribution in [1.29, 1.82) is 0 Å². The first-order chi connectivity index (χ1) is 8.29. The highest BCUT2D eigenvalue weighted by Gasteiger charge is 2.03. The number of ketones is 1. The van der Waals surface area contributed by atoms with Crippen molar-refractivity contribution in [3.63, 3.8) is 0 Å². The van der Waals surface area contributed by atoms with Crippen LogP contribution in [0, 0.1) is 0 Å². The number of hydrogen-bond donors (Lipinski definition) is 1. The molecule has 17 heavy (non-hydrogen) atoms. The van der Waals surface area contributed by atoms with Crippen LogP contribution in [0.25, 0.3) is 0 Å². The Kier molecular flexibility index (Phi) is 3.52. The Morgan fingerprint density at radius 3 is 2.12 bits per heavy atom. The number of benzene rings is 2. The Balaban J connectivity index is 2.11. The maximum Gasteiger partial charge on any atom is 0.176 e. The molecule has 2 rings (SSSR count). The maximum atomic E-state index is 11.3. The molecule has 2 aromatic rings. The highest BCUT2D eigenvalue weighted by atomic mass is 16.5. The van der Waals surface area contributed by atoms with Gasteiger partial charge in [-0.3, -0.25) is 4.79 Å². The lowest BCUT2D eigenvalue weighted by Gasteiger charge is -2.05. The van der Waals surface area contributed by atoms with Gasteiger partial charge in [-0.25, -0.2) is 0 Å². The second-order valence-corrected chi connectivity index (χ2v) is 3.57. The van der Waals surface area contributed by atoms with E-state index >= 15 is 0 Å². The molecule has 0 atom stereocenters. The molecule has 0 aliphatic carbocycles.